The van der Waals surface area contributed by atoms with E-state index in [1.54, 1.807) is 0 Å². The molecule has 0 aliphatic heterocycles. The molecule has 0 spiro atoms. The molecule has 0 saturated carbocycles. The Hall–Kier alpha value is -2.43. The highest BCUT2D eigenvalue weighted by molar-refractivity contribution is 5.94. The van der Waals surface area contributed by atoms with Gasteiger partial charge in [0.25, 0.3) is 0 Å². The van der Waals surface area contributed by atoms with Crippen molar-refractivity contribution >= 4 is 5.97 Å². The first-order chi connectivity index (χ1) is 9.32. The van der Waals surface area contributed by atoms with Crippen molar-refractivity contribution in [1.29, 1.82) is 5.26 Å². The van der Waals surface area contributed by atoms with Crippen molar-refractivity contribution in [2.75, 3.05) is 13.7 Å². The van der Waals surface area contributed by atoms with E-state index in [-0.39, 0.29) is 12.4 Å². The summed E-state index contributed by atoms with van der Waals surface area (Å²) < 4.78 is 50.3. The lowest BCUT2D eigenvalue weighted by atomic mass is 10.1. The number of hydrogen-bond donors (Lipinski definition) is 0. The van der Waals surface area contributed by atoms with E-state index in [1.165, 1.54) is 20.1 Å². The molecule has 0 aliphatic carbocycles. The van der Waals surface area contributed by atoms with E-state index in [1.807, 2.05) is 0 Å². The van der Waals surface area contributed by atoms with Crippen LogP contribution in [-0.4, -0.2) is 26.0 Å². The van der Waals surface area contributed by atoms with Crippen LogP contribution < -0.4 is 9.47 Å². The zero-order chi connectivity index (χ0) is 15.3. The molecule has 1 rings (SSSR count). The van der Waals surface area contributed by atoms with Gasteiger partial charge in [-0.1, -0.05) is 0 Å². The second-order valence-electron chi connectivity index (χ2n) is 3.43. The number of alkyl halides is 3. The summed E-state index contributed by atoms with van der Waals surface area (Å²) in [7, 11) is 1.25. The molecule has 0 radical (unpaired) electrons. The fourth-order valence-corrected chi connectivity index (χ4v) is 1.39. The van der Waals surface area contributed by atoms with Crippen LogP contribution in [-0.2, 0) is 4.74 Å². The summed E-state index contributed by atoms with van der Waals surface area (Å²) in [4.78, 5) is 11.7. The molecule has 0 amide bonds. The van der Waals surface area contributed by atoms with Gasteiger partial charge in [-0.3, -0.25) is 0 Å². The smallest absolute Gasteiger partial charge is 0.497 e. The summed E-state index contributed by atoms with van der Waals surface area (Å²) in [6.07, 6.45) is -5.04. The monoisotopic (exact) mass is 289 g/mol. The molecule has 0 unspecified atom stereocenters. The summed E-state index contributed by atoms with van der Waals surface area (Å²) >= 11 is 0. The van der Waals surface area contributed by atoms with E-state index >= 15 is 0 Å². The second kappa shape index (κ2) is 6.14. The van der Waals surface area contributed by atoms with E-state index < -0.39 is 29.2 Å². The van der Waals surface area contributed by atoms with E-state index in [4.69, 9.17) is 10.00 Å². The van der Waals surface area contributed by atoms with Crippen molar-refractivity contribution in [3.05, 3.63) is 23.3 Å². The number of carbonyl (C=O) groups is 1. The van der Waals surface area contributed by atoms with Crippen LogP contribution in [0.15, 0.2) is 12.1 Å². The van der Waals surface area contributed by atoms with Crippen molar-refractivity contribution in [3.63, 3.8) is 0 Å². The molecule has 0 fully saturated rings. The number of rotatable bonds is 4. The standard InChI is InChI=1S/C12H10F3NO4/c1-3-19-11(17)9-5-8(18-2)4-7(6-16)10(9)20-12(13,14)15/h4-5H,3H2,1-2H3. The maximum atomic E-state index is 12.4. The topological polar surface area (TPSA) is 68.5 Å². The molecular formula is C12H10F3NO4. The van der Waals surface area contributed by atoms with Gasteiger partial charge in [0.1, 0.15) is 17.4 Å². The van der Waals surface area contributed by atoms with Gasteiger partial charge in [-0.2, -0.15) is 5.26 Å². The highest BCUT2D eigenvalue weighted by Crippen LogP contribution is 2.33. The molecule has 0 aromatic heterocycles. The first-order valence-corrected chi connectivity index (χ1v) is 5.37. The maximum Gasteiger partial charge on any atom is 0.573 e. The third-order valence-electron chi connectivity index (χ3n) is 2.13. The van der Waals surface area contributed by atoms with Crippen LogP contribution in [0.1, 0.15) is 22.8 Å². The number of hydrogen-bond acceptors (Lipinski definition) is 5. The number of nitriles is 1. The van der Waals surface area contributed by atoms with Gasteiger partial charge in [0.2, 0.25) is 0 Å². The summed E-state index contributed by atoms with van der Waals surface area (Å²) in [5, 5.41) is 8.87. The summed E-state index contributed by atoms with van der Waals surface area (Å²) in [5.74, 6) is -1.90. The molecular weight excluding hydrogens is 279 g/mol. The van der Waals surface area contributed by atoms with Crippen LogP contribution >= 0.6 is 0 Å². The summed E-state index contributed by atoms with van der Waals surface area (Å²) in [6.45, 7) is 1.46. The molecule has 108 valence electrons. The summed E-state index contributed by atoms with van der Waals surface area (Å²) in [5.41, 5.74) is -1.01. The van der Waals surface area contributed by atoms with E-state index in [9.17, 15) is 18.0 Å². The zero-order valence-electron chi connectivity index (χ0n) is 10.6. The van der Waals surface area contributed by atoms with Gasteiger partial charge < -0.3 is 14.2 Å². The van der Waals surface area contributed by atoms with Gasteiger partial charge in [0.15, 0.2) is 5.75 Å². The summed E-state index contributed by atoms with van der Waals surface area (Å²) in [6, 6.07) is 3.56. The largest absolute Gasteiger partial charge is 0.573 e. The Balaban J connectivity index is 3.43. The minimum Gasteiger partial charge on any atom is -0.497 e. The first-order valence-electron chi connectivity index (χ1n) is 5.37. The van der Waals surface area contributed by atoms with Gasteiger partial charge in [-0.25, -0.2) is 4.79 Å². The number of nitrogens with zero attached hydrogens (tertiary/aromatic N) is 1. The molecule has 20 heavy (non-hydrogen) atoms. The van der Waals surface area contributed by atoms with Crippen LogP contribution in [0.2, 0.25) is 0 Å². The Morgan fingerprint density at radius 3 is 2.50 bits per heavy atom. The van der Waals surface area contributed by atoms with Gasteiger partial charge in [0, 0.05) is 6.07 Å². The van der Waals surface area contributed by atoms with E-state index in [0.717, 1.165) is 12.1 Å². The Kier molecular flexibility index (Phi) is 4.80. The Labute approximate surface area is 112 Å². The number of ether oxygens (including phenoxy) is 3. The van der Waals surface area contributed by atoms with Gasteiger partial charge in [0.05, 0.1) is 19.3 Å². The van der Waals surface area contributed by atoms with Crippen molar-refractivity contribution in [1.82, 2.24) is 0 Å². The fraction of sp³-hybridized carbons (Fsp3) is 0.333. The Morgan fingerprint density at radius 1 is 1.40 bits per heavy atom. The SMILES string of the molecule is CCOC(=O)c1cc(OC)cc(C#N)c1OC(F)(F)F. The molecule has 0 bridgehead atoms. The fourth-order valence-electron chi connectivity index (χ4n) is 1.39. The minimum absolute atomic E-state index is 0.0383. The number of halogens is 3. The van der Waals surface area contributed by atoms with Gasteiger partial charge in [-0.05, 0) is 13.0 Å². The lowest BCUT2D eigenvalue weighted by Gasteiger charge is -2.15. The second-order valence-corrected chi connectivity index (χ2v) is 3.43. The molecule has 0 saturated heterocycles. The average molecular weight is 289 g/mol. The Bertz CT molecular complexity index is 549. The minimum atomic E-state index is -5.04. The molecule has 0 heterocycles. The maximum absolute atomic E-state index is 12.4. The van der Waals surface area contributed by atoms with Crippen LogP contribution in [0, 0.1) is 11.3 Å². The lowest BCUT2D eigenvalue weighted by molar-refractivity contribution is -0.274. The Morgan fingerprint density at radius 2 is 2.05 bits per heavy atom. The lowest BCUT2D eigenvalue weighted by Crippen LogP contribution is -2.20. The third kappa shape index (κ3) is 3.78. The van der Waals surface area contributed by atoms with Crippen LogP contribution in [0.3, 0.4) is 0 Å². The molecule has 0 N–H and O–H groups in total. The first kappa shape index (κ1) is 15.6. The molecule has 8 heteroatoms. The number of esters is 1. The molecule has 0 aliphatic rings. The average Bonchev–Trinajstić information content (AvgIpc) is 2.37. The van der Waals surface area contributed by atoms with E-state index in [0.29, 0.717) is 0 Å². The van der Waals surface area contributed by atoms with Crippen LogP contribution in [0.5, 0.6) is 11.5 Å². The highest BCUT2D eigenvalue weighted by Gasteiger charge is 2.35. The van der Waals surface area contributed by atoms with Crippen LogP contribution in [0.4, 0.5) is 13.2 Å². The number of methoxy groups -OCH3 is 1. The molecule has 5 nitrogen and oxygen atoms in total. The number of benzene rings is 1. The zero-order valence-corrected chi connectivity index (χ0v) is 10.6. The number of carbonyl (C=O) groups excluding carboxylic acids is 1. The van der Waals surface area contributed by atoms with E-state index in [2.05, 4.69) is 9.47 Å². The quantitative estimate of drug-likeness (QED) is 0.797. The van der Waals surface area contributed by atoms with Crippen LogP contribution in [0.25, 0.3) is 0 Å². The highest BCUT2D eigenvalue weighted by atomic mass is 19.4. The van der Waals surface area contributed by atoms with Crippen molar-refractivity contribution in [3.8, 4) is 17.6 Å². The molecule has 0 atom stereocenters. The molecule has 1 aromatic carbocycles. The predicted octanol–water partition coefficient (Wildman–Crippen LogP) is 2.64. The van der Waals surface area contributed by atoms with Gasteiger partial charge >= 0.3 is 12.3 Å². The molecule has 1 aromatic rings. The van der Waals surface area contributed by atoms with Crippen molar-refractivity contribution < 1.29 is 32.2 Å². The predicted molar refractivity (Wildman–Crippen MR) is 60.3 cm³/mol. The third-order valence-corrected chi connectivity index (χ3v) is 2.13. The normalized spacial score (nSPS) is 10.6. The van der Waals surface area contributed by atoms with Crippen molar-refractivity contribution in [2.24, 2.45) is 0 Å². The van der Waals surface area contributed by atoms with Crippen molar-refractivity contribution in [2.45, 2.75) is 13.3 Å². The van der Waals surface area contributed by atoms with Gasteiger partial charge in [-0.15, -0.1) is 13.2 Å².